The molecule has 0 bridgehead atoms. The molecular weight excluding hydrogens is 211 g/mol. The molecule has 2 aromatic carbocycles. The summed E-state index contributed by atoms with van der Waals surface area (Å²) in [5.74, 6) is 0. The summed E-state index contributed by atoms with van der Waals surface area (Å²) in [7, 11) is 0.973. The maximum atomic E-state index is 2.26. The first-order valence-electron chi connectivity index (χ1n) is 5.61. The van der Waals surface area contributed by atoms with Crippen molar-refractivity contribution in [1.29, 1.82) is 0 Å². The van der Waals surface area contributed by atoms with Crippen LogP contribution >= 0.6 is 8.58 Å². The normalized spacial score (nSPS) is 11.1. The summed E-state index contributed by atoms with van der Waals surface area (Å²) in [5, 5.41) is 0. The fourth-order valence-corrected chi connectivity index (χ4v) is 2.69. The molecule has 0 aromatic heterocycles. The second-order valence-corrected chi connectivity index (χ2v) is 5.06. The molecule has 0 nitrogen and oxygen atoms in total. The molecule has 1 unspecified atom stereocenters. The first-order chi connectivity index (χ1) is 7.83. The minimum absolute atomic E-state index is 0.973. The summed E-state index contributed by atoms with van der Waals surface area (Å²) in [6, 6.07) is 17.4. The van der Waals surface area contributed by atoms with Crippen molar-refractivity contribution < 1.29 is 0 Å². The third-order valence-electron chi connectivity index (χ3n) is 2.82. The topological polar surface area (TPSA) is 0 Å². The van der Waals surface area contributed by atoms with Gasteiger partial charge in [0.25, 0.3) is 0 Å². The summed E-state index contributed by atoms with van der Waals surface area (Å²) >= 11 is 0. The van der Waals surface area contributed by atoms with Crippen molar-refractivity contribution in [3.8, 4) is 11.1 Å². The minimum Gasteiger partial charge on any atom is -0.121 e. The van der Waals surface area contributed by atoms with E-state index in [1.54, 1.807) is 0 Å². The molecule has 0 spiro atoms. The predicted octanol–water partition coefficient (Wildman–Crippen LogP) is 4.47. The van der Waals surface area contributed by atoms with Gasteiger partial charge in [0.1, 0.15) is 0 Å². The van der Waals surface area contributed by atoms with Gasteiger partial charge >= 0.3 is 0 Å². The van der Waals surface area contributed by atoms with Crippen LogP contribution in [0.15, 0.2) is 48.5 Å². The van der Waals surface area contributed by atoms with Gasteiger partial charge < -0.3 is 0 Å². The van der Waals surface area contributed by atoms with Crippen LogP contribution in [0.5, 0.6) is 0 Å². The monoisotopic (exact) mass is 228 g/mol. The molecule has 1 atom stereocenters. The summed E-state index contributed by atoms with van der Waals surface area (Å²) in [4.78, 5) is 0. The highest BCUT2D eigenvalue weighted by atomic mass is 31.1. The van der Waals surface area contributed by atoms with Crippen molar-refractivity contribution in [2.24, 2.45) is 0 Å². The summed E-state index contributed by atoms with van der Waals surface area (Å²) in [6.45, 7) is 4.44. The van der Waals surface area contributed by atoms with Crippen LogP contribution in [0.3, 0.4) is 0 Å². The summed E-state index contributed by atoms with van der Waals surface area (Å²) < 4.78 is 0. The summed E-state index contributed by atoms with van der Waals surface area (Å²) in [6.07, 6.45) is 1.19. The molecule has 0 radical (unpaired) electrons. The highest BCUT2D eigenvalue weighted by molar-refractivity contribution is 7.36. The Hall–Kier alpha value is -1.13. The van der Waals surface area contributed by atoms with Gasteiger partial charge in [-0.3, -0.25) is 0 Å². The number of hydrogen-bond donors (Lipinski definition) is 0. The van der Waals surface area contributed by atoms with Crippen LogP contribution in [0.1, 0.15) is 11.1 Å². The molecule has 0 heterocycles. The van der Waals surface area contributed by atoms with E-state index in [0.717, 1.165) is 8.58 Å². The highest BCUT2D eigenvalue weighted by Gasteiger charge is 2.05. The lowest BCUT2D eigenvalue weighted by atomic mass is 9.97. The molecule has 0 amide bonds. The fraction of sp³-hybridized carbons (Fsp3) is 0.200. The van der Waals surface area contributed by atoms with E-state index in [2.05, 4.69) is 62.1 Å². The Morgan fingerprint density at radius 1 is 0.875 bits per heavy atom. The lowest BCUT2D eigenvalue weighted by molar-refractivity contribution is 1.38. The van der Waals surface area contributed by atoms with E-state index in [0.29, 0.717) is 0 Å². The Balaban J connectivity index is 2.51. The third kappa shape index (κ3) is 2.33. The van der Waals surface area contributed by atoms with Gasteiger partial charge in [0.15, 0.2) is 0 Å². The highest BCUT2D eigenvalue weighted by Crippen LogP contribution is 2.29. The summed E-state index contributed by atoms with van der Waals surface area (Å²) in [5.41, 5.74) is 5.60. The van der Waals surface area contributed by atoms with E-state index in [-0.39, 0.29) is 0 Å². The van der Waals surface area contributed by atoms with Gasteiger partial charge in [-0.1, -0.05) is 48.5 Å². The van der Waals surface area contributed by atoms with Gasteiger partial charge in [0.2, 0.25) is 0 Å². The Bertz CT molecular complexity index is 474. The van der Waals surface area contributed by atoms with Crippen molar-refractivity contribution >= 4 is 8.58 Å². The molecule has 0 aliphatic heterocycles. The molecule has 0 N–H and O–H groups in total. The van der Waals surface area contributed by atoms with Gasteiger partial charge in [0, 0.05) is 0 Å². The zero-order valence-corrected chi connectivity index (χ0v) is 10.8. The molecule has 0 aliphatic rings. The van der Waals surface area contributed by atoms with Crippen molar-refractivity contribution in [2.45, 2.75) is 13.1 Å². The van der Waals surface area contributed by atoms with Crippen LogP contribution in [0, 0.1) is 6.92 Å². The SMILES string of the molecule is CPCc1ccccc1-c1ccccc1C. The van der Waals surface area contributed by atoms with E-state index in [1.165, 1.54) is 28.4 Å². The van der Waals surface area contributed by atoms with Crippen LogP contribution in [0.2, 0.25) is 0 Å². The third-order valence-corrected chi connectivity index (χ3v) is 3.55. The second-order valence-electron chi connectivity index (χ2n) is 4.00. The van der Waals surface area contributed by atoms with Crippen LogP contribution in [-0.4, -0.2) is 6.66 Å². The molecule has 0 aliphatic carbocycles. The van der Waals surface area contributed by atoms with Crippen molar-refractivity contribution in [3.63, 3.8) is 0 Å². The Kier molecular flexibility index (Phi) is 3.74. The van der Waals surface area contributed by atoms with Crippen molar-refractivity contribution in [2.75, 3.05) is 6.66 Å². The zero-order chi connectivity index (χ0) is 11.4. The van der Waals surface area contributed by atoms with Crippen LogP contribution in [0.25, 0.3) is 11.1 Å². The first-order valence-corrected chi connectivity index (χ1v) is 7.32. The number of rotatable bonds is 3. The standard InChI is InChI=1S/C15H17P/c1-12-7-3-5-9-14(12)15-10-6-4-8-13(15)11-16-2/h3-10,16H,11H2,1-2H3. The van der Waals surface area contributed by atoms with Gasteiger partial charge in [0.05, 0.1) is 0 Å². The molecule has 1 heteroatoms. The van der Waals surface area contributed by atoms with E-state index in [1.807, 2.05) is 0 Å². The minimum atomic E-state index is 0.973. The maximum Gasteiger partial charge on any atom is -0.00969 e. The van der Waals surface area contributed by atoms with E-state index in [4.69, 9.17) is 0 Å². The Morgan fingerprint density at radius 2 is 1.50 bits per heavy atom. The second kappa shape index (κ2) is 5.27. The van der Waals surface area contributed by atoms with Crippen LogP contribution in [0.4, 0.5) is 0 Å². The Morgan fingerprint density at radius 3 is 2.19 bits per heavy atom. The molecule has 2 aromatic rings. The maximum absolute atomic E-state index is 2.26. The fourth-order valence-electron chi connectivity index (χ4n) is 2.00. The van der Waals surface area contributed by atoms with E-state index in [9.17, 15) is 0 Å². The number of benzene rings is 2. The average Bonchev–Trinajstić information content (AvgIpc) is 2.31. The zero-order valence-electron chi connectivity index (χ0n) is 9.83. The largest absolute Gasteiger partial charge is 0.121 e. The first kappa shape index (κ1) is 11.4. The molecule has 0 saturated carbocycles. The number of aryl methyl sites for hydroxylation is 1. The van der Waals surface area contributed by atoms with Crippen LogP contribution < -0.4 is 0 Å². The van der Waals surface area contributed by atoms with Crippen molar-refractivity contribution in [3.05, 3.63) is 59.7 Å². The van der Waals surface area contributed by atoms with Gasteiger partial charge in [-0.05, 0) is 42.0 Å². The Labute approximate surface area is 99.5 Å². The van der Waals surface area contributed by atoms with E-state index >= 15 is 0 Å². The predicted molar refractivity (Wildman–Crippen MR) is 74.6 cm³/mol. The van der Waals surface area contributed by atoms with Crippen LogP contribution in [-0.2, 0) is 6.16 Å². The molecule has 82 valence electrons. The van der Waals surface area contributed by atoms with E-state index < -0.39 is 0 Å². The molecule has 2 rings (SSSR count). The smallest absolute Gasteiger partial charge is 0.00969 e. The molecule has 0 saturated heterocycles. The average molecular weight is 228 g/mol. The quantitative estimate of drug-likeness (QED) is 0.680. The van der Waals surface area contributed by atoms with Gasteiger partial charge in [-0.2, -0.15) is 0 Å². The molecule has 16 heavy (non-hydrogen) atoms. The lowest BCUT2D eigenvalue weighted by Crippen LogP contribution is -1.88. The van der Waals surface area contributed by atoms with Gasteiger partial charge in [-0.25, -0.2) is 0 Å². The van der Waals surface area contributed by atoms with Crippen molar-refractivity contribution in [1.82, 2.24) is 0 Å². The lowest BCUT2D eigenvalue weighted by Gasteiger charge is -2.11. The molecular formula is C15H17P. The number of hydrogen-bond acceptors (Lipinski definition) is 0. The molecule has 0 fully saturated rings. The van der Waals surface area contributed by atoms with Gasteiger partial charge in [-0.15, -0.1) is 8.58 Å².